The summed E-state index contributed by atoms with van der Waals surface area (Å²) in [4.78, 5) is 0. The van der Waals surface area contributed by atoms with Gasteiger partial charge in [0, 0.05) is 19.0 Å². The van der Waals surface area contributed by atoms with Gasteiger partial charge in [-0.05, 0) is 31.4 Å². The smallest absolute Gasteiger partial charge is 0.206 e. The molecule has 0 atom stereocenters. The second-order valence-electron chi connectivity index (χ2n) is 4.28. The van der Waals surface area contributed by atoms with E-state index >= 15 is 0 Å². The Morgan fingerprint density at radius 1 is 1.61 bits per heavy atom. The molecule has 0 unspecified atom stereocenters. The maximum atomic E-state index is 12.5. The molecule has 1 fully saturated rings. The Labute approximate surface area is 116 Å². The summed E-state index contributed by atoms with van der Waals surface area (Å²) in [5.41, 5.74) is 0.774. The van der Waals surface area contributed by atoms with E-state index in [0.717, 1.165) is 29.7 Å². The average molecular weight is 305 g/mol. The summed E-state index contributed by atoms with van der Waals surface area (Å²) in [6.07, 6.45) is 1.97. The minimum atomic E-state index is -3.50. The molecule has 0 N–H and O–H groups in total. The van der Waals surface area contributed by atoms with Crippen molar-refractivity contribution in [2.75, 3.05) is 6.54 Å². The van der Waals surface area contributed by atoms with Gasteiger partial charge < -0.3 is 0 Å². The van der Waals surface area contributed by atoms with Gasteiger partial charge in [0.05, 0.1) is 10.4 Å². The van der Waals surface area contributed by atoms with Crippen molar-refractivity contribution in [1.82, 2.24) is 4.31 Å². The lowest BCUT2D eigenvalue weighted by molar-refractivity contribution is 0.412. The van der Waals surface area contributed by atoms with E-state index in [1.54, 1.807) is 13.0 Å². The van der Waals surface area contributed by atoms with Crippen LogP contribution >= 0.6 is 22.9 Å². The minimum Gasteiger partial charge on any atom is -0.206 e. The molecule has 2 rings (SSSR count). The highest BCUT2D eigenvalue weighted by atomic mass is 35.5. The molecule has 7 heteroatoms. The first kappa shape index (κ1) is 13.8. The van der Waals surface area contributed by atoms with Crippen molar-refractivity contribution in [3.8, 4) is 6.07 Å². The molecule has 1 aromatic heterocycles. The first-order valence-electron chi connectivity index (χ1n) is 5.61. The van der Waals surface area contributed by atoms with Crippen LogP contribution in [0.5, 0.6) is 0 Å². The van der Waals surface area contributed by atoms with Gasteiger partial charge in [0.1, 0.15) is 4.21 Å². The second kappa shape index (κ2) is 5.17. The summed E-state index contributed by atoms with van der Waals surface area (Å²) in [5, 5.41) is 8.61. The first-order valence-corrected chi connectivity index (χ1v) is 8.25. The fraction of sp³-hybridized carbons (Fsp3) is 0.545. The van der Waals surface area contributed by atoms with Crippen molar-refractivity contribution < 1.29 is 8.42 Å². The molecule has 98 valence electrons. The molecule has 0 spiro atoms. The van der Waals surface area contributed by atoms with Crippen molar-refractivity contribution in [3.05, 3.63) is 16.0 Å². The van der Waals surface area contributed by atoms with Crippen LogP contribution in [-0.4, -0.2) is 25.3 Å². The van der Waals surface area contributed by atoms with Gasteiger partial charge in [0.15, 0.2) is 0 Å². The molecular formula is C11H13ClN2O2S2. The predicted molar refractivity (Wildman–Crippen MR) is 71.2 cm³/mol. The van der Waals surface area contributed by atoms with Crippen LogP contribution in [0, 0.1) is 18.3 Å². The molecule has 0 radical (unpaired) electrons. The summed E-state index contributed by atoms with van der Waals surface area (Å²) in [6, 6.07) is 3.65. The Bertz CT molecular complexity index is 565. The van der Waals surface area contributed by atoms with E-state index in [1.165, 1.54) is 4.31 Å². The van der Waals surface area contributed by atoms with E-state index in [9.17, 15) is 8.42 Å². The van der Waals surface area contributed by atoms with Gasteiger partial charge in [-0.1, -0.05) is 11.6 Å². The highest BCUT2D eigenvalue weighted by Crippen LogP contribution is 2.36. The van der Waals surface area contributed by atoms with E-state index in [2.05, 4.69) is 0 Å². The summed E-state index contributed by atoms with van der Waals surface area (Å²) in [6.45, 7) is 2.05. The zero-order valence-electron chi connectivity index (χ0n) is 9.89. The van der Waals surface area contributed by atoms with Gasteiger partial charge in [-0.2, -0.15) is 9.57 Å². The predicted octanol–water partition coefficient (Wildman–Crippen LogP) is 2.78. The summed E-state index contributed by atoms with van der Waals surface area (Å²) in [5.74, 6) is 0. The normalized spacial score (nSPS) is 15.9. The number of halogens is 1. The number of rotatable bonds is 5. The summed E-state index contributed by atoms with van der Waals surface area (Å²) in [7, 11) is -3.50. The van der Waals surface area contributed by atoms with E-state index in [1.807, 2.05) is 6.07 Å². The SMILES string of the molecule is Cc1cc(S(=O)(=O)N(CCC#N)C2CC2)sc1Cl. The molecule has 4 nitrogen and oxygen atoms in total. The van der Waals surface area contributed by atoms with Crippen LogP contribution in [0.4, 0.5) is 0 Å². The van der Waals surface area contributed by atoms with Gasteiger partial charge in [-0.25, -0.2) is 8.42 Å². The molecule has 0 bridgehead atoms. The number of hydrogen-bond donors (Lipinski definition) is 0. The van der Waals surface area contributed by atoms with Crippen LogP contribution in [0.1, 0.15) is 24.8 Å². The second-order valence-corrected chi connectivity index (χ2v) is 8.05. The third kappa shape index (κ3) is 2.69. The van der Waals surface area contributed by atoms with Gasteiger partial charge >= 0.3 is 0 Å². The summed E-state index contributed by atoms with van der Waals surface area (Å²) >= 11 is 7.00. The van der Waals surface area contributed by atoms with Crippen LogP contribution < -0.4 is 0 Å². The van der Waals surface area contributed by atoms with Crippen molar-refractivity contribution in [1.29, 1.82) is 5.26 Å². The molecule has 0 saturated heterocycles. The van der Waals surface area contributed by atoms with Gasteiger partial charge in [-0.3, -0.25) is 0 Å². The average Bonchev–Trinajstić information content (AvgIpc) is 3.07. The molecule has 0 aromatic carbocycles. The number of nitriles is 1. The molecule has 18 heavy (non-hydrogen) atoms. The van der Waals surface area contributed by atoms with Gasteiger partial charge in [0.2, 0.25) is 0 Å². The van der Waals surface area contributed by atoms with Crippen LogP contribution in [0.2, 0.25) is 4.34 Å². The molecule has 1 saturated carbocycles. The van der Waals surface area contributed by atoms with E-state index < -0.39 is 10.0 Å². The number of thiophene rings is 1. The number of sulfonamides is 1. The first-order chi connectivity index (χ1) is 8.46. The lowest BCUT2D eigenvalue weighted by Crippen LogP contribution is -2.33. The van der Waals surface area contributed by atoms with E-state index in [4.69, 9.17) is 16.9 Å². The molecular weight excluding hydrogens is 292 g/mol. The molecule has 1 aromatic rings. The Balaban J connectivity index is 2.30. The zero-order valence-corrected chi connectivity index (χ0v) is 12.3. The lowest BCUT2D eigenvalue weighted by Gasteiger charge is -2.19. The Morgan fingerprint density at radius 3 is 2.72 bits per heavy atom. The number of hydrogen-bond acceptors (Lipinski definition) is 4. The van der Waals surface area contributed by atoms with Crippen molar-refractivity contribution in [2.24, 2.45) is 0 Å². The maximum absolute atomic E-state index is 12.5. The standard InChI is InChI=1S/C11H13ClN2O2S2/c1-8-7-10(17-11(8)12)18(15,16)14(6-2-5-13)9-3-4-9/h7,9H,2-4,6H2,1H3. The maximum Gasteiger partial charge on any atom is 0.252 e. The highest BCUT2D eigenvalue weighted by Gasteiger charge is 2.38. The van der Waals surface area contributed by atoms with Crippen molar-refractivity contribution in [2.45, 2.75) is 36.4 Å². The monoisotopic (exact) mass is 304 g/mol. The fourth-order valence-electron chi connectivity index (χ4n) is 1.70. The Kier molecular flexibility index (Phi) is 3.97. The minimum absolute atomic E-state index is 0.0598. The van der Waals surface area contributed by atoms with Crippen LogP contribution in [0.3, 0.4) is 0 Å². The number of nitrogens with zero attached hydrogens (tertiary/aromatic N) is 2. The van der Waals surface area contributed by atoms with Crippen molar-refractivity contribution in [3.63, 3.8) is 0 Å². The van der Waals surface area contributed by atoms with E-state index in [0.29, 0.717) is 4.34 Å². The lowest BCUT2D eigenvalue weighted by atomic mass is 10.4. The fourth-order valence-corrected chi connectivity index (χ4v) is 5.22. The summed E-state index contributed by atoms with van der Waals surface area (Å²) < 4.78 is 27.1. The van der Waals surface area contributed by atoms with Crippen molar-refractivity contribution >= 4 is 33.0 Å². The Morgan fingerprint density at radius 2 is 2.28 bits per heavy atom. The molecule has 0 aliphatic heterocycles. The Hall–Kier alpha value is -0.610. The number of aryl methyl sites for hydroxylation is 1. The third-order valence-corrected chi connectivity index (χ3v) is 6.75. The molecule has 0 amide bonds. The zero-order chi connectivity index (χ0) is 13.3. The van der Waals surface area contributed by atoms with E-state index in [-0.39, 0.29) is 23.2 Å². The van der Waals surface area contributed by atoms with Crippen LogP contribution in [0.25, 0.3) is 0 Å². The quantitative estimate of drug-likeness (QED) is 0.840. The highest BCUT2D eigenvalue weighted by molar-refractivity contribution is 7.91. The van der Waals surface area contributed by atoms with Gasteiger partial charge in [-0.15, -0.1) is 11.3 Å². The molecule has 1 aliphatic carbocycles. The third-order valence-electron chi connectivity index (χ3n) is 2.80. The van der Waals surface area contributed by atoms with Gasteiger partial charge in [0.25, 0.3) is 10.0 Å². The molecule has 1 aliphatic rings. The largest absolute Gasteiger partial charge is 0.252 e. The van der Waals surface area contributed by atoms with Crippen LogP contribution in [-0.2, 0) is 10.0 Å². The van der Waals surface area contributed by atoms with Crippen LogP contribution in [0.15, 0.2) is 10.3 Å². The molecule has 1 heterocycles. The topological polar surface area (TPSA) is 61.2 Å².